The molecule has 98 valence electrons. The van der Waals surface area contributed by atoms with E-state index in [1.807, 2.05) is 6.07 Å². The van der Waals surface area contributed by atoms with Crippen LogP contribution in [-0.4, -0.2) is 25.0 Å². The van der Waals surface area contributed by atoms with Crippen molar-refractivity contribution in [3.05, 3.63) is 27.7 Å². The van der Waals surface area contributed by atoms with E-state index < -0.39 is 5.97 Å². The molecular weight excluding hydrogens is 300 g/mol. The third-order valence-electron chi connectivity index (χ3n) is 2.10. The Morgan fingerprint density at radius 1 is 1.44 bits per heavy atom. The molecule has 4 nitrogen and oxygen atoms in total. The maximum absolute atomic E-state index is 11.4. The number of esters is 1. The molecule has 0 aromatic heterocycles. The molecule has 0 atom stereocenters. The summed E-state index contributed by atoms with van der Waals surface area (Å²) in [6, 6.07) is 3.46. The molecule has 1 aromatic rings. The number of ether oxygens (including phenoxy) is 2. The fourth-order valence-corrected chi connectivity index (χ4v) is 2.06. The SMILES string of the molecule is Cc1cc(Br)cc(C=O)c1OCC(=O)OC(C)C. The van der Waals surface area contributed by atoms with Gasteiger partial charge in [-0.1, -0.05) is 15.9 Å². The summed E-state index contributed by atoms with van der Waals surface area (Å²) in [5.41, 5.74) is 1.18. The van der Waals surface area contributed by atoms with Crippen LogP contribution in [0.3, 0.4) is 0 Å². The van der Waals surface area contributed by atoms with Gasteiger partial charge in [0.2, 0.25) is 0 Å². The number of aldehydes is 1. The van der Waals surface area contributed by atoms with Crippen molar-refractivity contribution in [1.82, 2.24) is 0 Å². The molecule has 0 unspecified atom stereocenters. The van der Waals surface area contributed by atoms with Crippen LogP contribution in [0.5, 0.6) is 5.75 Å². The number of carbonyl (C=O) groups excluding carboxylic acids is 2. The summed E-state index contributed by atoms with van der Waals surface area (Å²) in [5.74, 6) is -0.0435. The molecular formula is C13H15BrO4. The molecule has 0 amide bonds. The van der Waals surface area contributed by atoms with Crippen LogP contribution >= 0.6 is 15.9 Å². The van der Waals surface area contributed by atoms with Crippen LogP contribution in [0.4, 0.5) is 0 Å². The Morgan fingerprint density at radius 3 is 2.67 bits per heavy atom. The Labute approximate surface area is 114 Å². The van der Waals surface area contributed by atoms with Crippen LogP contribution in [0, 0.1) is 6.92 Å². The molecule has 0 N–H and O–H groups in total. The zero-order chi connectivity index (χ0) is 13.7. The second-order valence-electron chi connectivity index (χ2n) is 4.09. The predicted octanol–water partition coefficient (Wildman–Crippen LogP) is 2.90. The molecule has 0 heterocycles. The second-order valence-corrected chi connectivity index (χ2v) is 5.00. The standard InChI is InChI=1S/C13H15BrO4/c1-8(2)18-12(16)7-17-13-9(3)4-11(14)5-10(13)6-15/h4-6,8H,7H2,1-3H3. The van der Waals surface area contributed by atoms with Crippen LogP contribution in [0.1, 0.15) is 29.8 Å². The summed E-state index contributed by atoms with van der Waals surface area (Å²) in [6.07, 6.45) is 0.513. The maximum Gasteiger partial charge on any atom is 0.344 e. The van der Waals surface area contributed by atoms with E-state index in [1.54, 1.807) is 26.8 Å². The van der Waals surface area contributed by atoms with Gasteiger partial charge in [0.15, 0.2) is 12.9 Å². The number of hydrogen-bond donors (Lipinski definition) is 0. The summed E-state index contributed by atoms with van der Waals surface area (Å²) in [4.78, 5) is 22.3. The van der Waals surface area contributed by atoms with E-state index >= 15 is 0 Å². The van der Waals surface area contributed by atoms with Gasteiger partial charge in [0.25, 0.3) is 0 Å². The lowest BCUT2D eigenvalue weighted by Gasteiger charge is -2.12. The zero-order valence-electron chi connectivity index (χ0n) is 10.5. The minimum Gasteiger partial charge on any atom is -0.481 e. The summed E-state index contributed by atoms with van der Waals surface area (Å²) < 4.78 is 11.1. The molecule has 5 heteroatoms. The van der Waals surface area contributed by atoms with Crippen molar-refractivity contribution < 1.29 is 19.1 Å². The Hall–Kier alpha value is -1.36. The quantitative estimate of drug-likeness (QED) is 0.619. The number of hydrogen-bond acceptors (Lipinski definition) is 4. The van der Waals surface area contributed by atoms with E-state index in [1.165, 1.54) is 0 Å². The highest BCUT2D eigenvalue weighted by atomic mass is 79.9. The van der Waals surface area contributed by atoms with Gasteiger partial charge in [0.1, 0.15) is 5.75 Å². The fourth-order valence-electron chi connectivity index (χ4n) is 1.47. The molecule has 0 aliphatic carbocycles. The van der Waals surface area contributed by atoms with Crippen LogP contribution in [0.15, 0.2) is 16.6 Å². The Morgan fingerprint density at radius 2 is 2.11 bits per heavy atom. The highest BCUT2D eigenvalue weighted by Gasteiger charge is 2.12. The molecule has 0 aliphatic heterocycles. The smallest absolute Gasteiger partial charge is 0.344 e. The van der Waals surface area contributed by atoms with E-state index in [2.05, 4.69) is 15.9 Å². The topological polar surface area (TPSA) is 52.6 Å². The minimum atomic E-state index is -0.454. The van der Waals surface area contributed by atoms with Crippen molar-refractivity contribution in [3.8, 4) is 5.75 Å². The highest BCUT2D eigenvalue weighted by Crippen LogP contribution is 2.26. The van der Waals surface area contributed by atoms with Crippen LogP contribution in [0.25, 0.3) is 0 Å². The van der Waals surface area contributed by atoms with Crippen molar-refractivity contribution >= 4 is 28.2 Å². The molecule has 0 aliphatic rings. The van der Waals surface area contributed by atoms with Crippen LogP contribution in [0.2, 0.25) is 0 Å². The zero-order valence-corrected chi connectivity index (χ0v) is 12.1. The number of benzene rings is 1. The first kappa shape index (κ1) is 14.7. The van der Waals surface area contributed by atoms with Gasteiger partial charge >= 0.3 is 5.97 Å². The molecule has 0 saturated carbocycles. The lowest BCUT2D eigenvalue weighted by Crippen LogP contribution is -2.19. The van der Waals surface area contributed by atoms with E-state index in [9.17, 15) is 9.59 Å². The third-order valence-corrected chi connectivity index (χ3v) is 2.55. The molecule has 0 spiro atoms. The van der Waals surface area contributed by atoms with Crippen LogP contribution < -0.4 is 4.74 Å². The van der Waals surface area contributed by atoms with Gasteiger partial charge in [-0.25, -0.2) is 4.79 Å². The number of aryl methyl sites for hydroxylation is 1. The molecule has 18 heavy (non-hydrogen) atoms. The van der Waals surface area contributed by atoms with Gasteiger partial charge in [-0.2, -0.15) is 0 Å². The van der Waals surface area contributed by atoms with E-state index in [0.29, 0.717) is 17.6 Å². The molecule has 1 aromatic carbocycles. The predicted molar refractivity (Wildman–Crippen MR) is 71.0 cm³/mol. The summed E-state index contributed by atoms with van der Waals surface area (Å²) in [5, 5.41) is 0. The number of carbonyl (C=O) groups is 2. The van der Waals surface area contributed by atoms with E-state index in [-0.39, 0.29) is 12.7 Å². The lowest BCUT2D eigenvalue weighted by molar-refractivity contribution is -0.149. The summed E-state index contributed by atoms with van der Waals surface area (Å²) in [6.45, 7) is 5.13. The Balaban J connectivity index is 2.78. The Kier molecular flexibility index (Phi) is 5.34. The van der Waals surface area contributed by atoms with Gasteiger partial charge in [-0.05, 0) is 38.5 Å². The average molecular weight is 315 g/mol. The molecule has 0 saturated heterocycles. The van der Waals surface area contributed by atoms with E-state index in [4.69, 9.17) is 9.47 Å². The van der Waals surface area contributed by atoms with Gasteiger partial charge in [0.05, 0.1) is 11.7 Å². The van der Waals surface area contributed by atoms with Gasteiger partial charge in [0, 0.05) is 4.47 Å². The molecule has 1 rings (SSSR count). The van der Waals surface area contributed by atoms with Gasteiger partial charge in [-0.3, -0.25) is 4.79 Å². The lowest BCUT2D eigenvalue weighted by atomic mass is 10.1. The first-order chi connectivity index (χ1) is 8.43. The minimum absolute atomic E-state index is 0.183. The van der Waals surface area contributed by atoms with Crippen molar-refractivity contribution in [1.29, 1.82) is 0 Å². The molecule has 0 bridgehead atoms. The fraction of sp³-hybridized carbons (Fsp3) is 0.385. The first-order valence-corrected chi connectivity index (χ1v) is 6.31. The van der Waals surface area contributed by atoms with Gasteiger partial charge < -0.3 is 9.47 Å². The maximum atomic E-state index is 11.4. The van der Waals surface area contributed by atoms with Crippen LogP contribution in [-0.2, 0) is 9.53 Å². The van der Waals surface area contributed by atoms with Gasteiger partial charge in [-0.15, -0.1) is 0 Å². The number of halogens is 1. The van der Waals surface area contributed by atoms with Crippen molar-refractivity contribution in [2.24, 2.45) is 0 Å². The average Bonchev–Trinajstić information content (AvgIpc) is 2.25. The third kappa shape index (κ3) is 4.14. The molecule has 0 radical (unpaired) electrons. The monoisotopic (exact) mass is 314 g/mol. The second kappa shape index (κ2) is 6.54. The van der Waals surface area contributed by atoms with E-state index in [0.717, 1.165) is 10.0 Å². The summed E-state index contributed by atoms with van der Waals surface area (Å²) in [7, 11) is 0. The highest BCUT2D eigenvalue weighted by molar-refractivity contribution is 9.10. The molecule has 0 fully saturated rings. The first-order valence-electron chi connectivity index (χ1n) is 5.51. The van der Waals surface area contributed by atoms with Crippen molar-refractivity contribution in [2.45, 2.75) is 26.9 Å². The largest absolute Gasteiger partial charge is 0.481 e. The van der Waals surface area contributed by atoms with Crippen molar-refractivity contribution in [3.63, 3.8) is 0 Å². The number of rotatable bonds is 5. The van der Waals surface area contributed by atoms with Crippen molar-refractivity contribution in [2.75, 3.05) is 6.61 Å². The summed E-state index contributed by atoms with van der Waals surface area (Å²) >= 11 is 3.29. The normalized spacial score (nSPS) is 10.3. The Bertz CT molecular complexity index is 455.